The lowest BCUT2D eigenvalue weighted by Crippen LogP contribution is -2.35. The van der Waals surface area contributed by atoms with Gasteiger partial charge in [-0.3, -0.25) is 4.90 Å². The second-order valence-corrected chi connectivity index (χ2v) is 5.71. The molecule has 1 fully saturated rings. The van der Waals surface area contributed by atoms with Crippen LogP contribution in [0.2, 0.25) is 0 Å². The average molecular weight is 246 g/mol. The van der Waals surface area contributed by atoms with Crippen molar-refractivity contribution in [2.24, 2.45) is 0 Å². The molecular weight excluding hydrogens is 220 g/mol. The van der Waals surface area contributed by atoms with Gasteiger partial charge in [0.2, 0.25) is 0 Å². The lowest BCUT2D eigenvalue weighted by molar-refractivity contribution is 0.273. The smallest absolute Gasteiger partial charge is 0.0233 e. The quantitative estimate of drug-likeness (QED) is 0.878. The molecule has 0 amide bonds. The Morgan fingerprint density at radius 1 is 1.17 bits per heavy atom. The van der Waals surface area contributed by atoms with Crippen molar-refractivity contribution in [2.45, 2.75) is 51.7 Å². The number of nitrogens with zero attached hydrogens (tertiary/aromatic N) is 1. The minimum absolute atomic E-state index is 0.607. The molecule has 1 aromatic rings. The van der Waals surface area contributed by atoms with Gasteiger partial charge in [-0.15, -0.1) is 0 Å². The molecule has 2 heteroatoms. The molecule has 1 aliphatic heterocycles. The number of rotatable bonds is 4. The monoisotopic (exact) mass is 246 g/mol. The van der Waals surface area contributed by atoms with Gasteiger partial charge in [-0.1, -0.05) is 44.2 Å². The van der Waals surface area contributed by atoms with Gasteiger partial charge in [0, 0.05) is 18.6 Å². The summed E-state index contributed by atoms with van der Waals surface area (Å²) in [5, 5.41) is 3.68. The fourth-order valence-corrected chi connectivity index (χ4v) is 2.79. The Morgan fingerprint density at radius 2 is 1.94 bits per heavy atom. The zero-order valence-electron chi connectivity index (χ0n) is 11.7. The van der Waals surface area contributed by atoms with Gasteiger partial charge < -0.3 is 5.32 Å². The van der Waals surface area contributed by atoms with Gasteiger partial charge in [-0.05, 0) is 37.9 Å². The van der Waals surface area contributed by atoms with Crippen LogP contribution in [0.4, 0.5) is 0 Å². The third-order valence-corrected chi connectivity index (χ3v) is 3.64. The Kier molecular flexibility index (Phi) is 5.21. The first-order valence-electron chi connectivity index (χ1n) is 7.26. The molecule has 0 spiro atoms. The van der Waals surface area contributed by atoms with Crippen molar-refractivity contribution >= 4 is 0 Å². The minimum Gasteiger partial charge on any atom is -0.312 e. The van der Waals surface area contributed by atoms with Crippen LogP contribution >= 0.6 is 0 Å². The summed E-state index contributed by atoms with van der Waals surface area (Å²) in [6.07, 6.45) is 3.92. The van der Waals surface area contributed by atoms with Gasteiger partial charge in [-0.2, -0.15) is 0 Å². The van der Waals surface area contributed by atoms with E-state index in [-0.39, 0.29) is 0 Å². The normalized spacial score (nSPS) is 22.1. The van der Waals surface area contributed by atoms with E-state index in [4.69, 9.17) is 0 Å². The molecule has 0 saturated carbocycles. The lowest BCUT2D eigenvalue weighted by atomic mass is 10.1. The molecule has 1 aromatic carbocycles. The summed E-state index contributed by atoms with van der Waals surface area (Å²) in [5.41, 5.74) is 1.44. The molecule has 2 nitrogen and oxygen atoms in total. The van der Waals surface area contributed by atoms with Crippen LogP contribution in [0, 0.1) is 0 Å². The van der Waals surface area contributed by atoms with Crippen LogP contribution in [0.15, 0.2) is 30.3 Å². The van der Waals surface area contributed by atoms with Gasteiger partial charge in [0.05, 0.1) is 0 Å². The summed E-state index contributed by atoms with van der Waals surface area (Å²) < 4.78 is 0. The predicted molar refractivity (Wildman–Crippen MR) is 77.6 cm³/mol. The van der Waals surface area contributed by atoms with Crippen molar-refractivity contribution in [3.63, 3.8) is 0 Å². The molecule has 2 rings (SSSR count). The number of hydrogen-bond donors (Lipinski definition) is 1. The van der Waals surface area contributed by atoms with E-state index in [9.17, 15) is 0 Å². The summed E-state index contributed by atoms with van der Waals surface area (Å²) in [6.45, 7) is 8.05. The Bertz CT molecular complexity index is 334. The van der Waals surface area contributed by atoms with Gasteiger partial charge in [0.15, 0.2) is 0 Å². The van der Waals surface area contributed by atoms with Crippen molar-refractivity contribution in [1.82, 2.24) is 10.2 Å². The van der Waals surface area contributed by atoms with E-state index in [1.165, 1.54) is 37.9 Å². The van der Waals surface area contributed by atoms with E-state index in [1.54, 1.807) is 0 Å². The lowest BCUT2D eigenvalue weighted by Gasteiger charge is -2.21. The van der Waals surface area contributed by atoms with Crippen LogP contribution in [0.1, 0.15) is 38.7 Å². The molecule has 0 radical (unpaired) electrons. The maximum absolute atomic E-state index is 3.68. The predicted octanol–water partition coefficient (Wildman–Crippen LogP) is 3.04. The number of hydrogen-bond acceptors (Lipinski definition) is 2. The minimum atomic E-state index is 0.607. The molecule has 0 aromatic heterocycles. The van der Waals surface area contributed by atoms with E-state index in [0.717, 1.165) is 6.54 Å². The molecule has 0 bridgehead atoms. The van der Waals surface area contributed by atoms with Crippen molar-refractivity contribution < 1.29 is 0 Å². The Labute approximate surface area is 111 Å². The summed E-state index contributed by atoms with van der Waals surface area (Å²) >= 11 is 0. The Balaban J connectivity index is 1.82. The SMILES string of the molecule is CC(C)NC1CCCN(Cc2ccccc2)CC1. The van der Waals surface area contributed by atoms with Crippen molar-refractivity contribution in [3.8, 4) is 0 Å². The molecule has 1 aliphatic rings. The fourth-order valence-electron chi connectivity index (χ4n) is 2.79. The highest BCUT2D eigenvalue weighted by Gasteiger charge is 2.17. The summed E-state index contributed by atoms with van der Waals surface area (Å²) in [7, 11) is 0. The van der Waals surface area contributed by atoms with Crippen LogP contribution in [-0.2, 0) is 6.54 Å². The number of likely N-dealkylation sites (tertiary alicyclic amines) is 1. The average Bonchev–Trinajstić information content (AvgIpc) is 2.56. The van der Waals surface area contributed by atoms with Crippen molar-refractivity contribution in [1.29, 1.82) is 0 Å². The molecule has 1 unspecified atom stereocenters. The van der Waals surface area contributed by atoms with E-state index in [2.05, 4.69) is 54.4 Å². The van der Waals surface area contributed by atoms with E-state index in [1.807, 2.05) is 0 Å². The molecule has 1 heterocycles. The molecule has 100 valence electrons. The number of nitrogens with one attached hydrogen (secondary N) is 1. The molecular formula is C16H26N2. The third-order valence-electron chi connectivity index (χ3n) is 3.64. The van der Waals surface area contributed by atoms with Crippen LogP contribution < -0.4 is 5.32 Å². The Morgan fingerprint density at radius 3 is 2.67 bits per heavy atom. The second kappa shape index (κ2) is 6.91. The summed E-state index contributed by atoms with van der Waals surface area (Å²) in [5.74, 6) is 0. The van der Waals surface area contributed by atoms with E-state index >= 15 is 0 Å². The standard InChI is InChI=1S/C16H26N2/c1-14(2)17-16-9-6-11-18(12-10-16)13-15-7-4-3-5-8-15/h3-5,7-8,14,16-17H,6,9-13H2,1-2H3. The first-order chi connectivity index (χ1) is 8.74. The van der Waals surface area contributed by atoms with E-state index < -0.39 is 0 Å². The first kappa shape index (κ1) is 13.6. The molecule has 0 aliphatic carbocycles. The Hall–Kier alpha value is -0.860. The highest BCUT2D eigenvalue weighted by atomic mass is 15.1. The van der Waals surface area contributed by atoms with Crippen molar-refractivity contribution in [2.75, 3.05) is 13.1 Å². The zero-order chi connectivity index (χ0) is 12.8. The van der Waals surface area contributed by atoms with Gasteiger partial charge in [0.1, 0.15) is 0 Å². The molecule has 1 atom stereocenters. The zero-order valence-corrected chi connectivity index (χ0v) is 11.7. The van der Waals surface area contributed by atoms with Crippen LogP contribution in [0.25, 0.3) is 0 Å². The maximum atomic E-state index is 3.68. The molecule has 18 heavy (non-hydrogen) atoms. The van der Waals surface area contributed by atoms with Crippen LogP contribution in [0.5, 0.6) is 0 Å². The topological polar surface area (TPSA) is 15.3 Å². The summed E-state index contributed by atoms with van der Waals surface area (Å²) in [6, 6.07) is 12.1. The first-order valence-corrected chi connectivity index (χ1v) is 7.26. The fraction of sp³-hybridized carbons (Fsp3) is 0.625. The number of benzene rings is 1. The highest BCUT2D eigenvalue weighted by Crippen LogP contribution is 2.14. The highest BCUT2D eigenvalue weighted by molar-refractivity contribution is 5.14. The summed E-state index contributed by atoms with van der Waals surface area (Å²) in [4.78, 5) is 2.59. The largest absolute Gasteiger partial charge is 0.312 e. The van der Waals surface area contributed by atoms with Crippen LogP contribution in [-0.4, -0.2) is 30.1 Å². The van der Waals surface area contributed by atoms with Gasteiger partial charge in [-0.25, -0.2) is 0 Å². The van der Waals surface area contributed by atoms with E-state index in [0.29, 0.717) is 12.1 Å². The van der Waals surface area contributed by atoms with Gasteiger partial charge >= 0.3 is 0 Å². The van der Waals surface area contributed by atoms with Crippen LogP contribution in [0.3, 0.4) is 0 Å². The second-order valence-electron chi connectivity index (χ2n) is 5.71. The third kappa shape index (κ3) is 4.43. The molecule has 1 N–H and O–H groups in total. The van der Waals surface area contributed by atoms with Gasteiger partial charge in [0.25, 0.3) is 0 Å². The molecule has 1 saturated heterocycles. The van der Waals surface area contributed by atoms with Crippen molar-refractivity contribution in [3.05, 3.63) is 35.9 Å². The maximum Gasteiger partial charge on any atom is 0.0233 e.